The fourth-order valence-corrected chi connectivity index (χ4v) is 6.37. The number of fused-ring (bicyclic) bond motifs is 1. The molecular formula is C26H34ClN7O3S. The number of hydrogen-bond donors (Lipinski definition) is 2. The van der Waals surface area contributed by atoms with E-state index in [2.05, 4.69) is 19.9 Å². The molecule has 0 bridgehead atoms. The first-order chi connectivity index (χ1) is 18.0. The molecule has 1 aromatic carbocycles. The molecule has 0 radical (unpaired) electrons. The molecule has 0 amide bonds. The van der Waals surface area contributed by atoms with Crippen molar-refractivity contribution >= 4 is 45.9 Å². The second-order valence-electron chi connectivity index (χ2n) is 10.8. The van der Waals surface area contributed by atoms with Crippen LogP contribution in [0.1, 0.15) is 33.6 Å². The molecule has 4 heterocycles. The third kappa shape index (κ3) is 4.98. The lowest BCUT2D eigenvalue weighted by Crippen LogP contribution is -2.50. The third-order valence-corrected chi connectivity index (χ3v) is 9.46. The van der Waals surface area contributed by atoms with Crippen LogP contribution in [0.25, 0.3) is 10.9 Å². The lowest BCUT2D eigenvalue weighted by atomic mass is 9.73. The van der Waals surface area contributed by atoms with E-state index in [1.54, 1.807) is 19.4 Å². The Labute approximate surface area is 231 Å². The molecule has 0 unspecified atom stereocenters. The number of anilines is 2. The van der Waals surface area contributed by atoms with Crippen LogP contribution in [0, 0.1) is 5.41 Å². The van der Waals surface area contributed by atoms with Gasteiger partial charge in [0.15, 0.2) is 5.82 Å². The van der Waals surface area contributed by atoms with Crippen LogP contribution in [0.15, 0.2) is 39.4 Å². The normalized spacial score (nSPS) is 21.5. The summed E-state index contributed by atoms with van der Waals surface area (Å²) in [5.74, 6) is 1.05. The Bertz CT molecular complexity index is 1410. The van der Waals surface area contributed by atoms with Crippen molar-refractivity contribution < 1.29 is 9.47 Å². The Morgan fingerprint density at radius 1 is 1.29 bits per heavy atom. The topological polar surface area (TPSA) is 134 Å². The number of nitrogen functional groups attached to an aromatic ring is 1. The molecule has 0 saturated carbocycles. The molecule has 204 valence electrons. The maximum atomic E-state index is 13.3. The van der Waals surface area contributed by atoms with Crippen molar-refractivity contribution in [3.63, 3.8) is 0 Å². The number of benzene rings is 1. The molecule has 4 N–H and O–H groups in total. The van der Waals surface area contributed by atoms with Gasteiger partial charge in [-0.15, -0.1) is 0 Å². The smallest absolute Gasteiger partial charge is 0.262 e. The van der Waals surface area contributed by atoms with Gasteiger partial charge >= 0.3 is 0 Å². The van der Waals surface area contributed by atoms with Crippen molar-refractivity contribution in [3.8, 4) is 0 Å². The van der Waals surface area contributed by atoms with E-state index in [0.717, 1.165) is 31.7 Å². The molecule has 2 fully saturated rings. The molecule has 2 aliphatic rings. The van der Waals surface area contributed by atoms with Gasteiger partial charge in [0.05, 0.1) is 53.3 Å². The van der Waals surface area contributed by atoms with Gasteiger partial charge in [-0.25, -0.2) is 15.0 Å². The van der Waals surface area contributed by atoms with E-state index in [1.165, 1.54) is 22.7 Å². The summed E-state index contributed by atoms with van der Waals surface area (Å²) in [6.07, 6.45) is 5.23. The third-order valence-electron chi connectivity index (χ3n) is 7.89. The summed E-state index contributed by atoms with van der Waals surface area (Å²) in [4.78, 5) is 29.8. The summed E-state index contributed by atoms with van der Waals surface area (Å²) >= 11 is 8.01. The van der Waals surface area contributed by atoms with E-state index >= 15 is 0 Å². The first-order valence-corrected chi connectivity index (χ1v) is 13.9. The second-order valence-corrected chi connectivity index (χ2v) is 12.2. The molecule has 3 aromatic rings. The average molecular weight is 560 g/mol. The predicted molar refractivity (Wildman–Crippen MR) is 150 cm³/mol. The summed E-state index contributed by atoms with van der Waals surface area (Å²) in [5, 5.41) is 1.18. The Balaban J connectivity index is 1.35. The first-order valence-electron chi connectivity index (χ1n) is 12.7. The SMILES string of the molecule is COC(C)(C)Cn1cnc2ccc(Sc3ncc(N4CCC5(CC4)CO[C@@H](C)[C@H]5N)nc3N)c(Cl)c2c1=O. The fraction of sp³-hybridized carbons (Fsp3) is 0.538. The van der Waals surface area contributed by atoms with E-state index < -0.39 is 5.60 Å². The summed E-state index contributed by atoms with van der Waals surface area (Å²) in [5.41, 5.74) is 12.6. The lowest BCUT2D eigenvalue weighted by molar-refractivity contribution is 0.00728. The largest absolute Gasteiger partial charge is 0.381 e. The first kappa shape index (κ1) is 27.1. The Morgan fingerprint density at radius 2 is 2.03 bits per heavy atom. The predicted octanol–water partition coefficient (Wildman–Crippen LogP) is 3.33. The van der Waals surface area contributed by atoms with Gasteiger partial charge in [0.2, 0.25) is 0 Å². The number of piperidine rings is 1. The molecule has 1 spiro atoms. The summed E-state index contributed by atoms with van der Waals surface area (Å²) in [6, 6.07) is 3.64. The van der Waals surface area contributed by atoms with Gasteiger partial charge in [0.25, 0.3) is 5.56 Å². The van der Waals surface area contributed by atoms with Gasteiger partial charge in [0, 0.05) is 36.6 Å². The van der Waals surface area contributed by atoms with Crippen LogP contribution in [-0.2, 0) is 16.0 Å². The monoisotopic (exact) mass is 559 g/mol. The number of rotatable bonds is 6. The van der Waals surface area contributed by atoms with Gasteiger partial charge in [-0.05, 0) is 45.7 Å². The summed E-state index contributed by atoms with van der Waals surface area (Å²) in [6.45, 7) is 8.55. The highest BCUT2D eigenvalue weighted by Crippen LogP contribution is 2.42. The summed E-state index contributed by atoms with van der Waals surface area (Å²) < 4.78 is 12.8. The molecule has 10 nitrogen and oxygen atoms in total. The van der Waals surface area contributed by atoms with Gasteiger partial charge in [-0.1, -0.05) is 23.4 Å². The van der Waals surface area contributed by atoms with Gasteiger partial charge in [0.1, 0.15) is 10.8 Å². The number of halogens is 1. The van der Waals surface area contributed by atoms with Crippen molar-refractivity contribution in [2.24, 2.45) is 11.1 Å². The highest BCUT2D eigenvalue weighted by Gasteiger charge is 2.47. The Kier molecular flexibility index (Phi) is 7.34. The van der Waals surface area contributed by atoms with E-state index in [-0.39, 0.29) is 23.1 Å². The maximum absolute atomic E-state index is 13.3. The van der Waals surface area contributed by atoms with E-state index in [4.69, 9.17) is 32.5 Å². The van der Waals surface area contributed by atoms with Crippen LogP contribution in [0.3, 0.4) is 0 Å². The Hall–Kier alpha value is -2.44. The number of hydrogen-bond acceptors (Lipinski definition) is 10. The minimum Gasteiger partial charge on any atom is -0.381 e. The van der Waals surface area contributed by atoms with Crippen molar-refractivity contribution in [1.82, 2.24) is 19.5 Å². The molecule has 5 rings (SSSR count). The molecule has 2 atom stereocenters. The number of nitrogens with zero attached hydrogens (tertiary/aromatic N) is 5. The van der Waals surface area contributed by atoms with E-state index in [9.17, 15) is 4.79 Å². The number of ether oxygens (including phenoxy) is 2. The number of aromatic nitrogens is 4. The van der Waals surface area contributed by atoms with Crippen LogP contribution in [-0.4, -0.2) is 64.1 Å². The maximum Gasteiger partial charge on any atom is 0.262 e. The Morgan fingerprint density at radius 3 is 2.66 bits per heavy atom. The zero-order chi connectivity index (χ0) is 27.2. The van der Waals surface area contributed by atoms with E-state index in [1.807, 2.05) is 26.8 Å². The standard InChI is InChI=1S/C26H34ClN7O3S/c1-15-21(28)26(13-37-15)7-9-33(10-8-26)18-11-30-23(22(29)32-18)38-17-6-5-16-19(20(17)27)24(35)34(14-31-16)12-25(2,3)36-4/h5-6,11,14-15,21H,7-10,12-13,28H2,1-4H3,(H2,29,32)/t15-,21+/m0/s1. The van der Waals surface area contributed by atoms with Gasteiger partial charge in [-0.3, -0.25) is 9.36 Å². The molecule has 2 saturated heterocycles. The van der Waals surface area contributed by atoms with Crippen LogP contribution in [0.2, 0.25) is 5.02 Å². The number of nitrogens with two attached hydrogens (primary N) is 2. The fourth-order valence-electron chi connectivity index (χ4n) is 5.22. The molecule has 12 heteroatoms. The van der Waals surface area contributed by atoms with Crippen molar-refractivity contribution in [2.45, 2.75) is 67.8 Å². The van der Waals surface area contributed by atoms with Gasteiger partial charge in [-0.2, -0.15) is 0 Å². The van der Waals surface area contributed by atoms with Crippen molar-refractivity contribution in [2.75, 3.05) is 37.4 Å². The lowest BCUT2D eigenvalue weighted by Gasteiger charge is -2.41. The number of methoxy groups -OCH3 is 1. The average Bonchev–Trinajstić information content (AvgIpc) is 3.17. The molecule has 38 heavy (non-hydrogen) atoms. The van der Waals surface area contributed by atoms with Crippen molar-refractivity contribution in [3.05, 3.63) is 40.0 Å². The quantitative estimate of drug-likeness (QED) is 0.463. The van der Waals surface area contributed by atoms with Crippen LogP contribution in [0.4, 0.5) is 11.6 Å². The molecular weight excluding hydrogens is 526 g/mol. The minimum absolute atomic E-state index is 0.0320. The van der Waals surface area contributed by atoms with Crippen molar-refractivity contribution in [1.29, 1.82) is 0 Å². The second kappa shape index (κ2) is 10.3. The molecule has 0 aliphatic carbocycles. The molecule has 2 aliphatic heterocycles. The zero-order valence-corrected chi connectivity index (χ0v) is 23.7. The molecule has 2 aromatic heterocycles. The zero-order valence-electron chi connectivity index (χ0n) is 22.1. The van der Waals surface area contributed by atoms with E-state index in [0.29, 0.717) is 44.8 Å². The van der Waals surface area contributed by atoms with Crippen LogP contribution >= 0.6 is 23.4 Å². The summed E-state index contributed by atoms with van der Waals surface area (Å²) in [7, 11) is 1.61. The minimum atomic E-state index is -0.534. The highest BCUT2D eigenvalue weighted by atomic mass is 35.5. The highest BCUT2D eigenvalue weighted by molar-refractivity contribution is 7.99. The van der Waals surface area contributed by atoms with Crippen LogP contribution < -0.4 is 21.9 Å². The van der Waals surface area contributed by atoms with Crippen LogP contribution in [0.5, 0.6) is 0 Å². The van der Waals surface area contributed by atoms with Gasteiger partial charge < -0.3 is 25.8 Å².